The molecule has 3 atom stereocenters. The van der Waals surface area contributed by atoms with Crippen LogP contribution < -0.4 is 11.1 Å². The van der Waals surface area contributed by atoms with Crippen molar-refractivity contribution >= 4 is 28.3 Å². The first-order valence-corrected chi connectivity index (χ1v) is 7.90. The van der Waals surface area contributed by atoms with Crippen LogP contribution in [-0.4, -0.2) is 58.8 Å². The summed E-state index contributed by atoms with van der Waals surface area (Å²) >= 11 is 0. The quantitative estimate of drug-likeness (QED) is 0.703. The van der Waals surface area contributed by atoms with Crippen LogP contribution in [0, 0.1) is 0 Å². The number of fused-ring (bicyclic) bond motifs is 1. The number of hydrogen-bond donors (Lipinski definition) is 3. The van der Waals surface area contributed by atoms with Gasteiger partial charge in [-0.25, -0.2) is 0 Å². The molecule has 1 saturated heterocycles. The average Bonchev–Trinajstić information content (AvgIpc) is 2.99. The number of carbonyl (C=O) groups is 2. The summed E-state index contributed by atoms with van der Waals surface area (Å²) in [6.07, 6.45) is 2.79. The number of rotatable bonds is 6. The molecule has 0 aliphatic carbocycles. The number of ether oxygens (including phenoxy) is 1. The van der Waals surface area contributed by atoms with Crippen molar-refractivity contribution in [2.75, 3.05) is 19.0 Å². The van der Waals surface area contributed by atoms with Gasteiger partial charge in [0, 0.05) is 43.2 Å². The van der Waals surface area contributed by atoms with Gasteiger partial charge in [-0.3, -0.25) is 19.5 Å². The molecule has 25 heavy (non-hydrogen) atoms. The van der Waals surface area contributed by atoms with Gasteiger partial charge in [-0.05, 0) is 30.0 Å². The molecule has 0 saturated carbocycles. The summed E-state index contributed by atoms with van der Waals surface area (Å²) < 4.78 is 5.09. The van der Waals surface area contributed by atoms with Gasteiger partial charge in [0.05, 0.1) is 0 Å². The summed E-state index contributed by atoms with van der Waals surface area (Å²) in [5.41, 5.74) is 6.20. The summed E-state index contributed by atoms with van der Waals surface area (Å²) in [6.45, 7) is 0.340. The first-order chi connectivity index (χ1) is 12.0. The van der Waals surface area contributed by atoms with E-state index in [0.717, 1.165) is 16.5 Å². The van der Waals surface area contributed by atoms with Crippen molar-refractivity contribution in [1.29, 1.82) is 0 Å². The molecule has 1 amide bonds. The van der Waals surface area contributed by atoms with Crippen molar-refractivity contribution in [2.24, 2.45) is 5.73 Å². The number of nitrogens with two attached hydrogens (primary N) is 1. The highest BCUT2D eigenvalue weighted by Crippen LogP contribution is 2.26. The number of aliphatic carboxylic acids is 1. The van der Waals surface area contributed by atoms with Crippen LogP contribution in [0.3, 0.4) is 0 Å². The van der Waals surface area contributed by atoms with Gasteiger partial charge in [-0.2, -0.15) is 0 Å². The zero-order valence-electron chi connectivity index (χ0n) is 13.8. The maximum Gasteiger partial charge on any atom is 0.321 e. The Morgan fingerprint density at radius 2 is 2.20 bits per heavy atom. The molecule has 1 aliphatic heterocycles. The Labute approximate surface area is 144 Å². The molecule has 1 aliphatic rings. The van der Waals surface area contributed by atoms with Gasteiger partial charge < -0.3 is 20.9 Å². The zero-order chi connectivity index (χ0) is 18.0. The molecule has 2 aromatic rings. The van der Waals surface area contributed by atoms with Crippen molar-refractivity contribution < 1.29 is 19.4 Å². The SMILES string of the molecule is COC(C(N)=O)N1C[C@H](Nc2ccc3cnccc3c2)C[C@H]1C(=O)O. The Balaban J connectivity index is 1.78. The van der Waals surface area contributed by atoms with Gasteiger partial charge in [0.15, 0.2) is 6.23 Å². The summed E-state index contributed by atoms with van der Waals surface area (Å²) in [7, 11) is 1.34. The highest BCUT2D eigenvalue weighted by atomic mass is 16.5. The number of pyridine rings is 1. The second kappa shape index (κ2) is 7.04. The van der Waals surface area contributed by atoms with Crippen molar-refractivity contribution in [3.8, 4) is 0 Å². The minimum atomic E-state index is -1.06. The predicted octanol–water partition coefficient (Wildman–Crippen LogP) is 0.632. The Kier molecular flexibility index (Phi) is 4.82. The van der Waals surface area contributed by atoms with E-state index in [0.29, 0.717) is 13.0 Å². The Morgan fingerprint density at radius 3 is 2.88 bits per heavy atom. The molecule has 2 heterocycles. The summed E-state index contributed by atoms with van der Waals surface area (Å²) in [6, 6.07) is 6.79. The lowest BCUT2D eigenvalue weighted by Gasteiger charge is -2.27. The van der Waals surface area contributed by atoms with Crippen LogP contribution in [0.4, 0.5) is 5.69 Å². The van der Waals surface area contributed by atoms with Crippen LogP contribution in [-0.2, 0) is 14.3 Å². The number of amides is 1. The minimum absolute atomic E-state index is 0.141. The third-order valence-electron chi connectivity index (χ3n) is 4.40. The smallest absolute Gasteiger partial charge is 0.321 e. The van der Waals surface area contributed by atoms with E-state index >= 15 is 0 Å². The van der Waals surface area contributed by atoms with Crippen molar-refractivity contribution in [1.82, 2.24) is 9.88 Å². The van der Waals surface area contributed by atoms with Gasteiger partial charge in [0.25, 0.3) is 5.91 Å². The molecule has 1 fully saturated rings. The monoisotopic (exact) mass is 344 g/mol. The fourth-order valence-corrected chi connectivity index (χ4v) is 3.29. The molecule has 0 bridgehead atoms. The second-order valence-electron chi connectivity index (χ2n) is 6.06. The van der Waals surface area contributed by atoms with Gasteiger partial charge >= 0.3 is 5.97 Å². The van der Waals surface area contributed by atoms with Crippen molar-refractivity contribution in [3.05, 3.63) is 36.7 Å². The fraction of sp³-hybridized carbons (Fsp3) is 0.353. The highest BCUT2D eigenvalue weighted by molar-refractivity contribution is 5.85. The van der Waals surface area contributed by atoms with Crippen LogP contribution in [0.1, 0.15) is 6.42 Å². The molecular formula is C17H20N4O4. The molecule has 8 nitrogen and oxygen atoms in total. The molecule has 1 aromatic carbocycles. The van der Waals surface area contributed by atoms with E-state index in [1.54, 1.807) is 12.4 Å². The number of nitrogens with zero attached hydrogens (tertiary/aromatic N) is 2. The van der Waals surface area contributed by atoms with E-state index in [2.05, 4.69) is 10.3 Å². The molecule has 1 unspecified atom stereocenters. The maximum atomic E-state index is 11.5. The summed E-state index contributed by atoms with van der Waals surface area (Å²) in [4.78, 5) is 28.6. The number of nitrogens with one attached hydrogen (secondary N) is 1. The maximum absolute atomic E-state index is 11.5. The first-order valence-electron chi connectivity index (χ1n) is 7.90. The molecule has 4 N–H and O–H groups in total. The number of aromatic nitrogens is 1. The largest absolute Gasteiger partial charge is 0.480 e. The van der Waals surface area contributed by atoms with E-state index in [9.17, 15) is 14.7 Å². The molecular weight excluding hydrogens is 324 g/mol. The molecule has 8 heteroatoms. The number of benzene rings is 1. The van der Waals surface area contributed by atoms with E-state index in [1.165, 1.54) is 12.0 Å². The van der Waals surface area contributed by atoms with E-state index < -0.39 is 24.1 Å². The summed E-state index contributed by atoms with van der Waals surface area (Å²) in [5, 5.41) is 14.8. The third kappa shape index (κ3) is 3.54. The van der Waals surface area contributed by atoms with Crippen LogP contribution in [0.2, 0.25) is 0 Å². The fourth-order valence-electron chi connectivity index (χ4n) is 3.29. The zero-order valence-corrected chi connectivity index (χ0v) is 13.8. The molecule has 0 spiro atoms. The topological polar surface area (TPSA) is 118 Å². The molecule has 0 radical (unpaired) electrons. The lowest BCUT2D eigenvalue weighted by molar-refractivity contribution is -0.152. The predicted molar refractivity (Wildman–Crippen MR) is 91.9 cm³/mol. The van der Waals surface area contributed by atoms with E-state index in [1.807, 2.05) is 24.3 Å². The van der Waals surface area contributed by atoms with Crippen molar-refractivity contribution in [2.45, 2.75) is 24.7 Å². The molecule has 132 valence electrons. The van der Waals surface area contributed by atoms with Gasteiger partial charge in [-0.15, -0.1) is 0 Å². The van der Waals surface area contributed by atoms with E-state index in [-0.39, 0.29) is 6.04 Å². The number of primary amides is 1. The number of carboxylic acid groups (broad SMARTS) is 1. The number of carbonyl (C=O) groups excluding carboxylic acids is 1. The highest BCUT2D eigenvalue weighted by Gasteiger charge is 2.42. The second-order valence-corrected chi connectivity index (χ2v) is 6.06. The molecule has 3 rings (SSSR count). The van der Waals surface area contributed by atoms with Crippen LogP contribution in [0.5, 0.6) is 0 Å². The molecule has 1 aromatic heterocycles. The van der Waals surface area contributed by atoms with E-state index in [4.69, 9.17) is 10.5 Å². The Bertz CT molecular complexity index is 797. The van der Waals surface area contributed by atoms with Gasteiger partial charge in [0.1, 0.15) is 6.04 Å². The normalized spacial score (nSPS) is 22.0. The lowest BCUT2D eigenvalue weighted by atomic mass is 10.1. The van der Waals surface area contributed by atoms with Gasteiger partial charge in [-0.1, -0.05) is 6.07 Å². The minimum Gasteiger partial charge on any atom is -0.480 e. The standard InChI is InChI=1S/C17H20N4O4/c1-25-16(15(18)22)21-9-13(7-14(21)17(23)24)20-12-3-2-11-8-19-5-4-10(11)6-12/h2-6,8,13-14,16,20H,7,9H2,1H3,(H2,18,22)(H,23,24)/t13-,14+,16?/m1/s1. The average molecular weight is 344 g/mol. The first kappa shape index (κ1) is 17.1. The number of anilines is 1. The van der Waals surface area contributed by atoms with Crippen LogP contribution >= 0.6 is 0 Å². The number of likely N-dealkylation sites (tertiary alicyclic amines) is 1. The van der Waals surface area contributed by atoms with Crippen LogP contribution in [0.25, 0.3) is 10.8 Å². The summed E-state index contributed by atoms with van der Waals surface area (Å²) in [5.74, 6) is -1.70. The van der Waals surface area contributed by atoms with Crippen molar-refractivity contribution in [3.63, 3.8) is 0 Å². The van der Waals surface area contributed by atoms with Crippen LogP contribution in [0.15, 0.2) is 36.7 Å². The Morgan fingerprint density at radius 1 is 1.40 bits per heavy atom. The lowest BCUT2D eigenvalue weighted by Crippen LogP contribution is -2.50. The van der Waals surface area contributed by atoms with Gasteiger partial charge in [0.2, 0.25) is 0 Å². The third-order valence-corrected chi connectivity index (χ3v) is 4.40. The number of methoxy groups -OCH3 is 1. The number of carboxylic acids is 1. The number of hydrogen-bond acceptors (Lipinski definition) is 6. The Hall–Kier alpha value is -2.71.